The van der Waals surface area contributed by atoms with Crippen LogP contribution in [0.4, 0.5) is 0 Å². The van der Waals surface area contributed by atoms with Gasteiger partial charge in [0.15, 0.2) is 0 Å². The molecule has 4 nitrogen and oxygen atoms in total. The Balaban J connectivity index is 2.52. The van der Waals surface area contributed by atoms with Crippen LogP contribution in [-0.2, 0) is 7.05 Å². The highest BCUT2D eigenvalue weighted by molar-refractivity contribution is 7.99. The number of thioether (sulfide) groups is 1. The average Bonchev–Trinajstić information content (AvgIpc) is 2.50. The van der Waals surface area contributed by atoms with Gasteiger partial charge in [-0.3, -0.25) is 0 Å². The molecule has 0 aliphatic carbocycles. The van der Waals surface area contributed by atoms with Gasteiger partial charge < -0.3 is 0 Å². The standard InChI is InChI=1S/C9H18N4S2/c1-9(2,3)7(5-14)6-15-8-10-11-12-13(8)4/h7,14H,5-6H2,1-4H3. The van der Waals surface area contributed by atoms with Crippen molar-refractivity contribution in [3.63, 3.8) is 0 Å². The zero-order valence-electron chi connectivity index (χ0n) is 9.64. The molecule has 0 radical (unpaired) electrons. The van der Waals surface area contributed by atoms with E-state index in [4.69, 9.17) is 0 Å². The quantitative estimate of drug-likeness (QED) is 0.651. The van der Waals surface area contributed by atoms with E-state index >= 15 is 0 Å². The number of nitrogens with zero attached hydrogens (tertiary/aromatic N) is 4. The van der Waals surface area contributed by atoms with E-state index in [-0.39, 0.29) is 5.41 Å². The summed E-state index contributed by atoms with van der Waals surface area (Å²) in [5, 5.41) is 12.2. The number of hydrogen-bond donors (Lipinski definition) is 1. The average molecular weight is 246 g/mol. The molecule has 0 saturated heterocycles. The molecule has 6 heteroatoms. The van der Waals surface area contributed by atoms with E-state index in [1.54, 1.807) is 16.4 Å². The minimum Gasteiger partial charge on any atom is -0.224 e. The number of tetrazole rings is 1. The molecule has 1 heterocycles. The second-order valence-corrected chi connectivity index (χ2v) is 5.99. The molecule has 0 aromatic carbocycles. The van der Waals surface area contributed by atoms with E-state index in [1.165, 1.54) is 0 Å². The molecule has 0 N–H and O–H groups in total. The first-order chi connectivity index (χ1) is 6.95. The van der Waals surface area contributed by atoms with Crippen LogP contribution in [0.25, 0.3) is 0 Å². The van der Waals surface area contributed by atoms with Crippen molar-refractivity contribution in [2.75, 3.05) is 11.5 Å². The van der Waals surface area contributed by atoms with E-state index in [9.17, 15) is 0 Å². The van der Waals surface area contributed by atoms with Gasteiger partial charge in [-0.2, -0.15) is 12.6 Å². The first-order valence-corrected chi connectivity index (χ1v) is 6.53. The van der Waals surface area contributed by atoms with Crippen LogP contribution in [0, 0.1) is 11.3 Å². The maximum atomic E-state index is 4.39. The number of rotatable bonds is 4. The molecule has 1 rings (SSSR count). The number of aromatic nitrogens is 4. The Hall–Kier alpha value is -0.230. The SMILES string of the molecule is Cn1nnnc1SCC(CS)C(C)(C)C. The van der Waals surface area contributed by atoms with Gasteiger partial charge >= 0.3 is 0 Å². The maximum Gasteiger partial charge on any atom is 0.209 e. The van der Waals surface area contributed by atoms with Crippen LogP contribution in [0.15, 0.2) is 5.16 Å². The van der Waals surface area contributed by atoms with Gasteiger partial charge in [0.05, 0.1) is 0 Å². The molecular formula is C9H18N4S2. The Morgan fingerprint density at radius 3 is 2.53 bits per heavy atom. The Morgan fingerprint density at radius 2 is 2.13 bits per heavy atom. The lowest BCUT2D eigenvalue weighted by Crippen LogP contribution is -2.24. The molecule has 0 amide bonds. The first kappa shape index (κ1) is 12.8. The Kier molecular flexibility index (Phi) is 4.45. The summed E-state index contributed by atoms with van der Waals surface area (Å²) in [7, 11) is 1.86. The van der Waals surface area contributed by atoms with Gasteiger partial charge in [0.2, 0.25) is 5.16 Å². The van der Waals surface area contributed by atoms with Crippen LogP contribution < -0.4 is 0 Å². The van der Waals surface area contributed by atoms with Gasteiger partial charge in [-0.1, -0.05) is 32.5 Å². The molecule has 15 heavy (non-hydrogen) atoms. The van der Waals surface area contributed by atoms with Gasteiger partial charge in [0, 0.05) is 12.8 Å². The lowest BCUT2D eigenvalue weighted by atomic mass is 9.83. The second-order valence-electron chi connectivity index (χ2n) is 4.64. The van der Waals surface area contributed by atoms with Gasteiger partial charge in [0.25, 0.3) is 0 Å². The minimum atomic E-state index is 0.279. The summed E-state index contributed by atoms with van der Waals surface area (Å²) in [4.78, 5) is 0. The third kappa shape index (κ3) is 3.68. The van der Waals surface area contributed by atoms with E-state index < -0.39 is 0 Å². The summed E-state index contributed by atoms with van der Waals surface area (Å²) >= 11 is 6.09. The summed E-state index contributed by atoms with van der Waals surface area (Å²) in [6.45, 7) is 6.72. The van der Waals surface area contributed by atoms with Crippen LogP contribution >= 0.6 is 24.4 Å². The van der Waals surface area contributed by atoms with Gasteiger partial charge in [0.1, 0.15) is 0 Å². The van der Waals surface area contributed by atoms with Crippen LogP contribution in [0.3, 0.4) is 0 Å². The predicted molar refractivity (Wildman–Crippen MR) is 66.3 cm³/mol. The van der Waals surface area contributed by atoms with Crippen LogP contribution in [0.1, 0.15) is 20.8 Å². The van der Waals surface area contributed by atoms with E-state index in [0.717, 1.165) is 16.7 Å². The van der Waals surface area contributed by atoms with Crippen molar-refractivity contribution in [1.29, 1.82) is 0 Å². The van der Waals surface area contributed by atoms with Gasteiger partial charge in [-0.05, 0) is 27.5 Å². The highest BCUT2D eigenvalue weighted by Crippen LogP contribution is 2.31. The highest BCUT2D eigenvalue weighted by Gasteiger charge is 2.23. The molecule has 1 atom stereocenters. The number of thiol groups is 1. The Labute approximate surface area is 101 Å². The fraction of sp³-hybridized carbons (Fsp3) is 0.889. The molecular weight excluding hydrogens is 228 g/mol. The zero-order chi connectivity index (χ0) is 11.5. The van der Waals surface area contributed by atoms with E-state index in [1.807, 2.05) is 7.05 Å². The highest BCUT2D eigenvalue weighted by atomic mass is 32.2. The van der Waals surface area contributed by atoms with Crippen molar-refractivity contribution < 1.29 is 0 Å². The maximum absolute atomic E-state index is 4.39. The summed E-state index contributed by atoms with van der Waals surface area (Å²) in [5.74, 6) is 2.45. The monoisotopic (exact) mass is 246 g/mol. The summed E-state index contributed by atoms with van der Waals surface area (Å²) in [6, 6.07) is 0. The van der Waals surface area contributed by atoms with Crippen LogP contribution in [0.2, 0.25) is 0 Å². The molecule has 0 spiro atoms. The second kappa shape index (κ2) is 5.21. The van der Waals surface area contributed by atoms with Gasteiger partial charge in [-0.25, -0.2) is 4.68 Å². The molecule has 1 aromatic heterocycles. The van der Waals surface area contributed by atoms with Crippen LogP contribution in [0.5, 0.6) is 0 Å². The van der Waals surface area contributed by atoms with Crippen molar-refractivity contribution >= 4 is 24.4 Å². The van der Waals surface area contributed by atoms with Crippen molar-refractivity contribution in [2.24, 2.45) is 18.4 Å². The topological polar surface area (TPSA) is 43.6 Å². The summed E-state index contributed by atoms with van der Waals surface area (Å²) in [6.07, 6.45) is 0. The lowest BCUT2D eigenvalue weighted by molar-refractivity contribution is 0.294. The third-order valence-corrected chi connectivity index (χ3v) is 4.05. The van der Waals surface area contributed by atoms with Crippen molar-refractivity contribution in [3.8, 4) is 0 Å². The molecule has 0 fully saturated rings. The molecule has 0 bridgehead atoms. The molecule has 86 valence electrons. The normalized spacial score (nSPS) is 14.2. The lowest BCUT2D eigenvalue weighted by Gasteiger charge is -2.28. The van der Waals surface area contributed by atoms with Crippen LogP contribution in [-0.4, -0.2) is 31.7 Å². The fourth-order valence-corrected chi connectivity index (χ4v) is 3.23. The fourth-order valence-electron chi connectivity index (χ4n) is 1.10. The number of hydrogen-bond acceptors (Lipinski definition) is 5. The van der Waals surface area contributed by atoms with Gasteiger partial charge in [-0.15, -0.1) is 5.10 Å². The zero-order valence-corrected chi connectivity index (χ0v) is 11.3. The summed E-state index contributed by atoms with van der Waals surface area (Å²) in [5.41, 5.74) is 0.279. The van der Waals surface area contributed by atoms with E-state index in [0.29, 0.717) is 5.92 Å². The molecule has 1 unspecified atom stereocenters. The first-order valence-electron chi connectivity index (χ1n) is 4.91. The minimum absolute atomic E-state index is 0.279. The third-order valence-electron chi connectivity index (χ3n) is 2.44. The molecule has 0 saturated carbocycles. The van der Waals surface area contributed by atoms with Crippen molar-refractivity contribution in [1.82, 2.24) is 20.2 Å². The molecule has 1 aromatic rings. The number of aryl methyl sites for hydroxylation is 1. The molecule has 0 aliphatic rings. The van der Waals surface area contributed by atoms with Crippen molar-refractivity contribution in [3.05, 3.63) is 0 Å². The smallest absolute Gasteiger partial charge is 0.209 e. The molecule has 0 aliphatic heterocycles. The van der Waals surface area contributed by atoms with E-state index in [2.05, 4.69) is 48.9 Å². The predicted octanol–water partition coefficient (Wildman–Crippen LogP) is 1.89. The largest absolute Gasteiger partial charge is 0.224 e. The van der Waals surface area contributed by atoms with Crippen molar-refractivity contribution in [2.45, 2.75) is 25.9 Å². The Bertz CT molecular complexity index is 305. The summed E-state index contributed by atoms with van der Waals surface area (Å²) < 4.78 is 1.70. The Morgan fingerprint density at radius 1 is 1.47 bits per heavy atom.